The molecule has 0 amide bonds. The van der Waals surface area contributed by atoms with E-state index >= 15 is 0 Å². The second-order valence-corrected chi connectivity index (χ2v) is 5.07. The molecular formula is C13H10N2O3S. The fraction of sp³-hybridized carbons (Fsp3) is 0.231. The molecule has 0 atom stereocenters. The summed E-state index contributed by atoms with van der Waals surface area (Å²) in [6.45, 7) is 0. The van der Waals surface area contributed by atoms with Gasteiger partial charge in [0.15, 0.2) is 5.01 Å². The summed E-state index contributed by atoms with van der Waals surface area (Å²) >= 11 is 1.28. The maximum absolute atomic E-state index is 11.6. The topological polar surface area (TPSA) is 91.0 Å². The van der Waals surface area contributed by atoms with Crippen molar-refractivity contribution in [1.29, 1.82) is 5.26 Å². The first-order valence-electron chi connectivity index (χ1n) is 5.61. The SMILES string of the molecule is N#Cc1nc2ccc(CC(=O)CCC(=O)O)cc2s1. The van der Waals surface area contributed by atoms with Crippen molar-refractivity contribution in [3.8, 4) is 6.07 Å². The maximum atomic E-state index is 11.6. The molecule has 0 aliphatic carbocycles. The number of carbonyl (C=O) groups is 2. The van der Waals surface area contributed by atoms with E-state index in [-0.39, 0.29) is 25.0 Å². The van der Waals surface area contributed by atoms with E-state index in [9.17, 15) is 9.59 Å². The number of carboxylic acid groups (broad SMARTS) is 1. The average molecular weight is 274 g/mol. The van der Waals surface area contributed by atoms with Crippen molar-refractivity contribution in [2.75, 3.05) is 0 Å². The van der Waals surface area contributed by atoms with Crippen LogP contribution in [0.25, 0.3) is 10.2 Å². The molecule has 0 radical (unpaired) electrons. The summed E-state index contributed by atoms with van der Waals surface area (Å²) in [5, 5.41) is 17.7. The summed E-state index contributed by atoms with van der Waals surface area (Å²) in [5.74, 6) is -1.07. The Kier molecular flexibility index (Phi) is 3.88. The normalized spacial score (nSPS) is 10.3. The number of nitrogens with zero attached hydrogens (tertiary/aromatic N) is 2. The summed E-state index contributed by atoms with van der Waals surface area (Å²) < 4.78 is 0.861. The number of aromatic nitrogens is 1. The first-order valence-corrected chi connectivity index (χ1v) is 6.43. The molecule has 0 bridgehead atoms. The molecule has 0 saturated carbocycles. The van der Waals surface area contributed by atoms with Crippen molar-refractivity contribution in [3.63, 3.8) is 0 Å². The lowest BCUT2D eigenvalue weighted by Crippen LogP contribution is -2.06. The highest BCUT2D eigenvalue weighted by Gasteiger charge is 2.09. The monoisotopic (exact) mass is 274 g/mol. The van der Waals surface area contributed by atoms with Gasteiger partial charge in [-0.25, -0.2) is 4.98 Å². The van der Waals surface area contributed by atoms with E-state index in [0.29, 0.717) is 5.01 Å². The maximum Gasteiger partial charge on any atom is 0.303 e. The number of benzene rings is 1. The number of fused-ring (bicyclic) bond motifs is 1. The predicted molar refractivity (Wildman–Crippen MR) is 69.9 cm³/mol. The van der Waals surface area contributed by atoms with Crippen molar-refractivity contribution < 1.29 is 14.7 Å². The van der Waals surface area contributed by atoms with E-state index in [0.717, 1.165) is 15.8 Å². The van der Waals surface area contributed by atoms with E-state index < -0.39 is 5.97 Å². The molecule has 1 N–H and O–H groups in total. The number of rotatable bonds is 5. The number of carboxylic acids is 1. The third kappa shape index (κ3) is 3.36. The molecule has 96 valence electrons. The van der Waals surface area contributed by atoms with Crippen LogP contribution in [0.5, 0.6) is 0 Å². The quantitative estimate of drug-likeness (QED) is 0.902. The molecule has 0 fully saturated rings. The minimum atomic E-state index is -0.968. The summed E-state index contributed by atoms with van der Waals surface area (Å²) in [6.07, 6.45) is 0.114. The van der Waals surface area contributed by atoms with Crippen LogP contribution in [0.1, 0.15) is 23.4 Å². The smallest absolute Gasteiger partial charge is 0.303 e. The highest BCUT2D eigenvalue weighted by molar-refractivity contribution is 7.19. The van der Waals surface area contributed by atoms with Crippen LogP contribution in [0.2, 0.25) is 0 Å². The standard InChI is InChI=1S/C13H10N2O3S/c14-7-12-15-10-3-1-8(6-11(10)19-12)5-9(16)2-4-13(17)18/h1,3,6H,2,4-5H2,(H,17,18). The predicted octanol–water partition coefficient (Wildman–Crippen LogP) is 2.14. The Hall–Kier alpha value is -2.26. The fourth-order valence-corrected chi connectivity index (χ4v) is 2.52. The number of aliphatic carboxylic acids is 1. The van der Waals surface area contributed by atoms with Gasteiger partial charge in [-0.3, -0.25) is 9.59 Å². The molecular weight excluding hydrogens is 264 g/mol. The number of nitriles is 1. The zero-order valence-electron chi connectivity index (χ0n) is 9.92. The van der Waals surface area contributed by atoms with Crippen LogP contribution in [-0.2, 0) is 16.0 Å². The van der Waals surface area contributed by atoms with Crippen LogP contribution in [0.15, 0.2) is 18.2 Å². The van der Waals surface area contributed by atoms with Crippen LogP contribution < -0.4 is 0 Å². The molecule has 1 heterocycles. The van der Waals surface area contributed by atoms with E-state index in [1.807, 2.05) is 12.1 Å². The van der Waals surface area contributed by atoms with Crippen LogP contribution in [0, 0.1) is 11.3 Å². The van der Waals surface area contributed by atoms with E-state index in [1.54, 1.807) is 12.1 Å². The van der Waals surface area contributed by atoms with Gasteiger partial charge >= 0.3 is 5.97 Å². The van der Waals surface area contributed by atoms with Crippen molar-refractivity contribution in [2.24, 2.45) is 0 Å². The van der Waals surface area contributed by atoms with Gasteiger partial charge < -0.3 is 5.11 Å². The van der Waals surface area contributed by atoms with E-state index in [2.05, 4.69) is 4.98 Å². The zero-order chi connectivity index (χ0) is 13.8. The number of Topliss-reactive ketones (excluding diaryl/α,β-unsaturated/α-hetero) is 1. The lowest BCUT2D eigenvalue weighted by Gasteiger charge is -2.00. The zero-order valence-corrected chi connectivity index (χ0v) is 10.7. The Labute approximate surface area is 113 Å². The van der Waals surface area contributed by atoms with Gasteiger partial charge in [0, 0.05) is 12.8 Å². The van der Waals surface area contributed by atoms with Crippen molar-refractivity contribution >= 4 is 33.3 Å². The molecule has 0 aliphatic rings. The Balaban J connectivity index is 2.11. The summed E-state index contributed by atoms with van der Waals surface area (Å²) in [7, 11) is 0. The van der Waals surface area contributed by atoms with Crippen LogP contribution in [-0.4, -0.2) is 21.8 Å². The number of ketones is 1. The third-order valence-corrected chi connectivity index (χ3v) is 3.49. The van der Waals surface area contributed by atoms with E-state index in [1.165, 1.54) is 11.3 Å². The first kappa shape index (κ1) is 13.2. The van der Waals surface area contributed by atoms with Crippen LogP contribution in [0.3, 0.4) is 0 Å². The lowest BCUT2D eigenvalue weighted by atomic mass is 10.1. The Morgan fingerprint density at radius 1 is 1.37 bits per heavy atom. The van der Waals surface area contributed by atoms with Gasteiger partial charge in [0.05, 0.1) is 16.6 Å². The number of thiazole rings is 1. The summed E-state index contributed by atoms with van der Waals surface area (Å²) in [4.78, 5) is 26.1. The first-order chi connectivity index (χ1) is 9.08. The molecule has 0 spiro atoms. The Morgan fingerprint density at radius 3 is 2.84 bits per heavy atom. The molecule has 0 saturated heterocycles. The Morgan fingerprint density at radius 2 is 2.16 bits per heavy atom. The lowest BCUT2D eigenvalue weighted by molar-refractivity contribution is -0.138. The molecule has 2 rings (SSSR count). The number of carbonyl (C=O) groups excluding carboxylic acids is 1. The van der Waals surface area contributed by atoms with Gasteiger partial charge in [-0.15, -0.1) is 11.3 Å². The second kappa shape index (κ2) is 5.59. The highest BCUT2D eigenvalue weighted by Crippen LogP contribution is 2.23. The van der Waals surface area contributed by atoms with Crippen molar-refractivity contribution in [2.45, 2.75) is 19.3 Å². The second-order valence-electron chi connectivity index (χ2n) is 4.04. The number of hydrogen-bond acceptors (Lipinski definition) is 5. The molecule has 1 aromatic carbocycles. The highest BCUT2D eigenvalue weighted by atomic mass is 32.1. The van der Waals surface area contributed by atoms with Crippen LogP contribution in [0.4, 0.5) is 0 Å². The summed E-state index contributed by atoms with van der Waals surface area (Å²) in [5.41, 5.74) is 1.55. The minimum absolute atomic E-state index is 0.0412. The van der Waals surface area contributed by atoms with Gasteiger partial charge in [0.25, 0.3) is 0 Å². The van der Waals surface area contributed by atoms with Gasteiger partial charge in [0.1, 0.15) is 11.9 Å². The molecule has 1 aromatic heterocycles. The number of hydrogen-bond donors (Lipinski definition) is 1. The molecule has 0 aliphatic heterocycles. The fourth-order valence-electron chi connectivity index (χ4n) is 1.69. The third-order valence-electron chi connectivity index (χ3n) is 2.57. The van der Waals surface area contributed by atoms with Crippen molar-refractivity contribution in [1.82, 2.24) is 4.98 Å². The van der Waals surface area contributed by atoms with Crippen molar-refractivity contribution in [3.05, 3.63) is 28.8 Å². The molecule has 19 heavy (non-hydrogen) atoms. The van der Waals surface area contributed by atoms with Gasteiger partial charge in [0.2, 0.25) is 0 Å². The average Bonchev–Trinajstić information content (AvgIpc) is 2.78. The Bertz CT molecular complexity index is 685. The minimum Gasteiger partial charge on any atom is -0.481 e. The van der Waals surface area contributed by atoms with Gasteiger partial charge in [-0.1, -0.05) is 6.07 Å². The summed E-state index contributed by atoms with van der Waals surface area (Å²) in [6, 6.07) is 7.36. The van der Waals surface area contributed by atoms with Gasteiger partial charge in [-0.05, 0) is 17.7 Å². The molecule has 0 unspecified atom stereocenters. The molecule has 6 heteroatoms. The molecule has 5 nitrogen and oxygen atoms in total. The van der Waals surface area contributed by atoms with Gasteiger partial charge in [-0.2, -0.15) is 5.26 Å². The van der Waals surface area contributed by atoms with Crippen LogP contribution >= 0.6 is 11.3 Å². The molecule has 2 aromatic rings. The van der Waals surface area contributed by atoms with E-state index in [4.69, 9.17) is 10.4 Å². The largest absolute Gasteiger partial charge is 0.481 e.